The number of benzene rings is 3. The summed E-state index contributed by atoms with van der Waals surface area (Å²) in [5.74, 6) is -3.48. The summed E-state index contributed by atoms with van der Waals surface area (Å²) in [5.41, 5.74) is 2.38. The number of amides is 2. The van der Waals surface area contributed by atoms with Crippen LogP contribution < -0.4 is 4.90 Å². The normalized spacial score (nSPS) is 26.5. The molecule has 0 aromatic heterocycles. The molecule has 0 N–H and O–H groups in total. The van der Waals surface area contributed by atoms with Crippen molar-refractivity contribution in [2.24, 2.45) is 11.8 Å². The van der Waals surface area contributed by atoms with Crippen LogP contribution in [0.3, 0.4) is 0 Å². The molecule has 2 amide bonds. The smallest absolute Gasteiger partial charge is 0.339 e. The van der Waals surface area contributed by atoms with Gasteiger partial charge in [0.15, 0.2) is 0 Å². The molecule has 1 saturated heterocycles. The summed E-state index contributed by atoms with van der Waals surface area (Å²) >= 11 is 0. The van der Waals surface area contributed by atoms with Crippen molar-refractivity contribution in [1.29, 1.82) is 0 Å². The van der Waals surface area contributed by atoms with Gasteiger partial charge in [-0.25, -0.2) is 9.69 Å². The minimum Gasteiger partial charge on any atom is -0.465 e. The second-order valence-electron chi connectivity index (χ2n) is 8.66. The van der Waals surface area contributed by atoms with E-state index in [1.807, 2.05) is 48.5 Å². The number of carbonyl (C=O) groups is 4. The Morgan fingerprint density at radius 2 is 1.45 bits per heavy atom. The number of rotatable bonds is 3. The van der Waals surface area contributed by atoms with Gasteiger partial charge >= 0.3 is 5.97 Å². The molecule has 2 bridgehead atoms. The van der Waals surface area contributed by atoms with Gasteiger partial charge in [0.2, 0.25) is 11.8 Å². The van der Waals surface area contributed by atoms with Crippen LogP contribution in [0.1, 0.15) is 38.5 Å². The zero-order valence-electron chi connectivity index (χ0n) is 17.7. The molecule has 6 heteroatoms. The van der Waals surface area contributed by atoms with Crippen LogP contribution in [-0.2, 0) is 24.5 Å². The number of aldehydes is 1. The second-order valence-corrected chi connectivity index (χ2v) is 8.66. The number of hydrogen-bond donors (Lipinski definition) is 0. The highest BCUT2D eigenvalue weighted by Gasteiger charge is 2.68. The largest absolute Gasteiger partial charge is 0.465 e. The van der Waals surface area contributed by atoms with Crippen molar-refractivity contribution in [3.8, 4) is 0 Å². The Bertz CT molecular complexity index is 1330. The van der Waals surface area contributed by atoms with E-state index in [1.54, 1.807) is 18.2 Å². The van der Waals surface area contributed by atoms with E-state index < -0.39 is 35.0 Å². The zero-order valence-corrected chi connectivity index (χ0v) is 17.7. The summed E-state index contributed by atoms with van der Waals surface area (Å²) in [6.45, 7) is 0. The minimum absolute atomic E-state index is 0.128. The lowest BCUT2D eigenvalue weighted by Gasteiger charge is -2.51. The molecule has 162 valence electrons. The van der Waals surface area contributed by atoms with E-state index in [9.17, 15) is 19.2 Å². The van der Waals surface area contributed by atoms with Crippen LogP contribution in [0, 0.1) is 11.8 Å². The summed E-state index contributed by atoms with van der Waals surface area (Å²) in [6.07, 6.45) is 0.832. The molecule has 3 aromatic carbocycles. The monoisotopic (exact) mass is 437 g/mol. The standard InChI is InChI=1S/C27H19NO5/c1-33-26(32)17-10-4-7-13-20(17)28-24(30)22-21-15-8-2-5-11-18(15)27(14-29,23(22)25(28)31)19-12-6-3-9-16(19)21/h2-14,21-23H,1H3/t21?,22-,23+,27?/m1/s1. The summed E-state index contributed by atoms with van der Waals surface area (Å²) < 4.78 is 4.88. The molecule has 4 aliphatic rings. The Morgan fingerprint density at radius 3 is 2.06 bits per heavy atom. The van der Waals surface area contributed by atoms with Gasteiger partial charge in [-0.15, -0.1) is 0 Å². The second kappa shape index (κ2) is 6.72. The molecule has 0 saturated carbocycles. The van der Waals surface area contributed by atoms with Gasteiger partial charge < -0.3 is 9.53 Å². The van der Waals surface area contributed by atoms with Gasteiger partial charge in [0.25, 0.3) is 0 Å². The van der Waals surface area contributed by atoms with Gasteiger partial charge in [0, 0.05) is 5.92 Å². The van der Waals surface area contributed by atoms with Gasteiger partial charge in [0.1, 0.15) is 6.29 Å². The third-order valence-corrected chi connectivity index (χ3v) is 7.42. The first-order valence-corrected chi connectivity index (χ1v) is 10.8. The van der Waals surface area contributed by atoms with Crippen molar-refractivity contribution >= 4 is 29.8 Å². The number of methoxy groups -OCH3 is 1. The fourth-order valence-electron chi connectivity index (χ4n) is 6.22. The molecule has 0 radical (unpaired) electrons. The number of nitrogens with zero attached hydrogens (tertiary/aromatic N) is 1. The molecular weight excluding hydrogens is 418 g/mol. The third kappa shape index (κ3) is 2.22. The van der Waals surface area contributed by atoms with Crippen LogP contribution in [0.15, 0.2) is 72.8 Å². The quantitative estimate of drug-likeness (QED) is 0.357. The molecule has 6 nitrogen and oxygen atoms in total. The van der Waals surface area contributed by atoms with E-state index in [0.717, 1.165) is 33.4 Å². The van der Waals surface area contributed by atoms with Gasteiger partial charge in [-0.3, -0.25) is 9.59 Å². The van der Waals surface area contributed by atoms with E-state index >= 15 is 0 Å². The Balaban J connectivity index is 1.62. The van der Waals surface area contributed by atoms with Crippen LogP contribution in [0.2, 0.25) is 0 Å². The molecule has 0 spiro atoms. The Morgan fingerprint density at radius 1 is 0.879 bits per heavy atom. The Hall–Kier alpha value is -4.06. The number of hydrogen-bond acceptors (Lipinski definition) is 5. The molecule has 1 fully saturated rings. The molecule has 33 heavy (non-hydrogen) atoms. The van der Waals surface area contributed by atoms with E-state index in [-0.39, 0.29) is 17.2 Å². The predicted octanol–water partition coefficient (Wildman–Crippen LogP) is 3.22. The molecular formula is C27H19NO5. The van der Waals surface area contributed by atoms with Gasteiger partial charge in [-0.2, -0.15) is 0 Å². The highest BCUT2D eigenvalue weighted by atomic mass is 16.5. The minimum atomic E-state index is -1.27. The van der Waals surface area contributed by atoms with Gasteiger partial charge in [-0.1, -0.05) is 60.7 Å². The summed E-state index contributed by atoms with van der Waals surface area (Å²) in [6, 6.07) is 21.5. The molecule has 1 heterocycles. The fourth-order valence-corrected chi connectivity index (χ4v) is 6.22. The van der Waals surface area contributed by atoms with Gasteiger partial charge in [-0.05, 0) is 34.4 Å². The SMILES string of the molecule is COC(=O)c1ccccc1N1C(=O)[C@@H]2C3c4ccccc4C(C=O)(c4ccccc43)[C@@H]2C1=O. The number of para-hydroxylation sites is 1. The number of anilines is 1. The molecule has 3 aliphatic carbocycles. The van der Waals surface area contributed by atoms with Crippen molar-refractivity contribution in [2.45, 2.75) is 11.3 Å². The zero-order chi connectivity index (χ0) is 22.9. The van der Waals surface area contributed by atoms with E-state index in [0.29, 0.717) is 0 Å². The van der Waals surface area contributed by atoms with Crippen molar-refractivity contribution in [2.75, 3.05) is 12.0 Å². The Labute approximate surface area is 189 Å². The number of carbonyl (C=O) groups excluding carboxylic acids is 4. The van der Waals surface area contributed by atoms with E-state index in [2.05, 4.69) is 0 Å². The maximum absolute atomic E-state index is 14.0. The molecule has 1 aliphatic heterocycles. The molecule has 7 rings (SSSR count). The average molecular weight is 437 g/mol. The lowest BCUT2D eigenvalue weighted by atomic mass is 9.48. The van der Waals surface area contributed by atoms with Crippen LogP contribution in [0.4, 0.5) is 5.69 Å². The maximum Gasteiger partial charge on any atom is 0.339 e. The molecule has 2 atom stereocenters. The molecule has 3 aromatic rings. The van der Waals surface area contributed by atoms with E-state index in [4.69, 9.17) is 4.74 Å². The Kier molecular flexibility index (Phi) is 3.99. The molecule has 0 unspecified atom stereocenters. The van der Waals surface area contributed by atoms with E-state index in [1.165, 1.54) is 13.2 Å². The number of esters is 1. The highest BCUT2D eigenvalue weighted by molar-refractivity contribution is 6.26. The highest BCUT2D eigenvalue weighted by Crippen LogP contribution is 2.63. The lowest BCUT2D eigenvalue weighted by Crippen LogP contribution is -2.54. The summed E-state index contributed by atoms with van der Waals surface area (Å²) in [5, 5.41) is 0. The van der Waals surface area contributed by atoms with Crippen LogP contribution >= 0.6 is 0 Å². The predicted molar refractivity (Wildman–Crippen MR) is 119 cm³/mol. The van der Waals surface area contributed by atoms with Crippen LogP contribution in [0.5, 0.6) is 0 Å². The van der Waals surface area contributed by atoms with Crippen LogP contribution in [-0.4, -0.2) is 31.2 Å². The van der Waals surface area contributed by atoms with Crippen molar-refractivity contribution in [3.05, 3.63) is 101 Å². The first-order chi connectivity index (χ1) is 16.1. The fraction of sp³-hybridized carbons (Fsp3) is 0.185. The third-order valence-electron chi connectivity index (χ3n) is 7.42. The summed E-state index contributed by atoms with van der Waals surface area (Å²) in [4.78, 5) is 54.4. The number of imide groups is 1. The first kappa shape index (κ1) is 19.6. The number of ether oxygens (including phenoxy) is 1. The first-order valence-electron chi connectivity index (χ1n) is 10.8. The van der Waals surface area contributed by atoms with Crippen molar-refractivity contribution < 1.29 is 23.9 Å². The van der Waals surface area contributed by atoms with Gasteiger partial charge in [0.05, 0.1) is 35.6 Å². The topological polar surface area (TPSA) is 80.8 Å². The summed E-state index contributed by atoms with van der Waals surface area (Å²) in [7, 11) is 1.25. The maximum atomic E-state index is 14.0. The average Bonchev–Trinajstić information content (AvgIpc) is 3.14. The lowest BCUT2D eigenvalue weighted by molar-refractivity contribution is -0.128. The van der Waals surface area contributed by atoms with Crippen molar-refractivity contribution in [1.82, 2.24) is 0 Å². The van der Waals surface area contributed by atoms with Crippen molar-refractivity contribution in [3.63, 3.8) is 0 Å². The van der Waals surface area contributed by atoms with Crippen LogP contribution in [0.25, 0.3) is 0 Å².